The van der Waals surface area contributed by atoms with Gasteiger partial charge in [-0.15, -0.1) is 0 Å². The molecular weight excluding hydrogens is 574 g/mol. The van der Waals surface area contributed by atoms with Crippen LogP contribution < -0.4 is 10.2 Å². The van der Waals surface area contributed by atoms with Crippen molar-refractivity contribution in [2.75, 3.05) is 24.5 Å². The van der Waals surface area contributed by atoms with Crippen LogP contribution in [0.3, 0.4) is 0 Å². The van der Waals surface area contributed by atoms with Gasteiger partial charge in [0, 0.05) is 25.4 Å². The second-order valence-electron chi connectivity index (χ2n) is 10.7. The van der Waals surface area contributed by atoms with Gasteiger partial charge in [0.15, 0.2) is 18.1 Å². The Labute approximate surface area is 249 Å². The number of nitrogens with one attached hydrogen (secondary N) is 1. The van der Waals surface area contributed by atoms with Crippen molar-refractivity contribution in [3.63, 3.8) is 0 Å². The number of amides is 2. The lowest BCUT2D eigenvalue weighted by Crippen LogP contribution is -2.53. The molecule has 4 aromatic rings. The van der Waals surface area contributed by atoms with Crippen molar-refractivity contribution in [3.05, 3.63) is 84.9 Å². The van der Waals surface area contributed by atoms with Crippen LogP contribution in [0.15, 0.2) is 88.6 Å². The lowest BCUT2D eigenvalue weighted by Gasteiger charge is -2.31. The zero-order chi connectivity index (χ0) is 30.6. The number of nitrogens with zero attached hydrogens (tertiary/aromatic N) is 4. The molecule has 0 saturated carbocycles. The third-order valence-electron chi connectivity index (χ3n) is 7.02. The topological polar surface area (TPSA) is 155 Å². The summed E-state index contributed by atoms with van der Waals surface area (Å²) in [5.41, 5.74) is 1.67. The second-order valence-corrected chi connectivity index (χ2v) is 12.7. The first-order valence-electron chi connectivity index (χ1n) is 13.9. The molecule has 1 saturated heterocycles. The van der Waals surface area contributed by atoms with E-state index in [4.69, 9.17) is 9.15 Å². The van der Waals surface area contributed by atoms with Crippen LogP contribution in [0.1, 0.15) is 19.4 Å². The van der Waals surface area contributed by atoms with Gasteiger partial charge >= 0.3 is 6.09 Å². The number of benzene rings is 2. The number of aromatic nitrogens is 2. The Bertz CT molecular complexity index is 1660. The highest BCUT2D eigenvalue weighted by atomic mass is 32.2. The second kappa shape index (κ2) is 12.9. The van der Waals surface area contributed by atoms with Crippen LogP contribution in [0.4, 0.5) is 10.6 Å². The van der Waals surface area contributed by atoms with Crippen LogP contribution in [-0.4, -0.2) is 77.7 Å². The molecule has 1 fully saturated rings. The normalized spacial score (nSPS) is 16.9. The van der Waals surface area contributed by atoms with Gasteiger partial charge in [0.1, 0.15) is 11.3 Å². The summed E-state index contributed by atoms with van der Waals surface area (Å²) >= 11 is 0. The average molecular weight is 608 g/mol. The third-order valence-corrected chi connectivity index (χ3v) is 8.85. The van der Waals surface area contributed by atoms with Crippen molar-refractivity contribution < 1.29 is 32.3 Å². The van der Waals surface area contributed by atoms with Crippen LogP contribution in [-0.2, 0) is 26.0 Å². The van der Waals surface area contributed by atoms with E-state index in [-0.39, 0.29) is 36.9 Å². The molecule has 1 aliphatic heterocycles. The minimum Gasteiger partial charge on any atom is -0.443 e. The van der Waals surface area contributed by atoms with Crippen molar-refractivity contribution in [3.8, 4) is 0 Å². The van der Waals surface area contributed by atoms with Crippen molar-refractivity contribution in [1.29, 1.82) is 0 Å². The van der Waals surface area contributed by atoms with E-state index < -0.39 is 40.3 Å². The molecule has 3 heterocycles. The quantitative estimate of drug-likeness (QED) is 0.247. The lowest BCUT2D eigenvalue weighted by atomic mass is 10.0. The number of hydrogen-bond acceptors (Lipinski definition) is 9. The van der Waals surface area contributed by atoms with Crippen molar-refractivity contribution >= 4 is 38.9 Å². The number of carbonyl (C=O) groups excluding carboxylic acids is 2. The summed E-state index contributed by atoms with van der Waals surface area (Å²) in [7, 11) is -4.07. The number of carbonyl (C=O) groups is 2. The molecule has 2 aromatic heterocycles. The van der Waals surface area contributed by atoms with E-state index in [9.17, 15) is 23.1 Å². The number of sulfonamides is 1. The summed E-state index contributed by atoms with van der Waals surface area (Å²) in [6.45, 7) is 3.52. The largest absolute Gasteiger partial charge is 0.443 e. The van der Waals surface area contributed by atoms with E-state index in [1.165, 1.54) is 33.9 Å². The fourth-order valence-electron chi connectivity index (χ4n) is 4.89. The molecule has 0 spiro atoms. The predicted molar refractivity (Wildman–Crippen MR) is 158 cm³/mol. The zero-order valence-corrected chi connectivity index (χ0v) is 24.6. The fraction of sp³-hybridized carbons (Fsp3) is 0.333. The van der Waals surface area contributed by atoms with E-state index in [0.717, 1.165) is 5.56 Å². The molecule has 1 aliphatic rings. The highest BCUT2D eigenvalue weighted by Gasteiger charge is 2.39. The number of cyclic esters (lactones) is 1. The molecule has 226 valence electrons. The highest BCUT2D eigenvalue weighted by Crippen LogP contribution is 2.24. The van der Waals surface area contributed by atoms with Gasteiger partial charge in [-0.1, -0.05) is 50.2 Å². The Kier molecular flexibility index (Phi) is 9.04. The maximum Gasteiger partial charge on any atom is 0.416 e. The monoisotopic (exact) mass is 607 g/mol. The molecule has 2 N–H and O–H groups in total. The number of aliphatic hydroxyl groups is 1. The number of ether oxygens (including phenoxy) is 1. The van der Waals surface area contributed by atoms with Gasteiger partial charge in [0.2, 0.25) is 10.0 Å². The van der Waals surface area contributed by atoms with Gasteiger partial charge in [0.05, 0.1) is 23.6 Å². The van der Waals surface area contributed by atoms with E-state index in [1.807, 2.05) is 44.2 Å². The molecule has 0 aliphatic carbocycles. The maximum atomic E-state index is 13.8. The first kappa shape index (κ1) is 30.1. The number of rotatable bonds is 12. The van der Waals surface area contributed by atoms with Crippen LogP contribution in [0.2, 0.25) is 0 Å². The number of hydrogen-bond donors (Lipinski definition) is 2. The zero-order valence-electron chi connectivity index (χ0n) is 23.7. The first-order valence-corrected chi connectivity index (χ1v) is 15.3. The molecule has 13 heteroatoms. The maximum absolute atomic E-state index is 13.8. The summed E-state index contributed by atoms with van der Waals surface area (Å²) in [5.74, 6) is -0.323. The van der Waals surface area contributed by atoms with Crippen LogP contribution >= 0.6 is 0 Å². The van der Waals surface area contributed by atoms with Gasteiger partial charge in [-0.3, -0.25) is 9.69 Å². The molecule has 0 radical (unpaired) electrons. The third kappa shape index (κ3) is 7.01. The van der Waals surface area contributed by atoms with Crippen LogP contribution in [0, 0.1) is 5.92 Å². The summed E-state index contributed by atoms with van der Waals surface area (Å²) < 4.78 is 39.4. The van der Waals surface area contributed by atoms with E-state index >= 15 is 0 Å². The van der Waals surface area contributed by atoms with E-state index in [1.54, 1.807) is 24.3 Å². The smallest absolute Gasteiger partial charge is 0.416 e. The predicted octanol–water partition coefficient (Wildman–Crippen LogP) is 2.98. The minimum absolute atomic E-state index is 0.000672. The van der Waals surface area contributed by atoms with E-state index in [0.29, 0.717) is 16.9 Å². The van der Waals surface area contributed by atoms with Crippen molar-refractivity contribution in [2.45, 2.75) is 43.4 Å². The van der Waals surface area contributed by atoms with Crippen LogP contribution in [0.25, 0.3) is 11.1 Å². The molecule has 2 amide bonds. The number of anilines is 1. The average Bonchev–Trinajstić information content (AvgIpc) is 3.63. The summed E-state index contributed by atoms with van der Waals surface area (Å²) in [6, 6.07) is 17.8. The van der Waals surface area contributed by atoms with Gasteiger partial charge < -0.3 is 19.6 Å². The number of pyridine rings is 1. The number of oxazole rings is 1. The minimum atomic E-state index is -4.07. The number of fused-ring (bicyclic) bond motifs is 1. The molecule has 0 bridgehead atoms. The van der Waals surface area contributed by atoms with Gasteiger partial charge in [-0.05, 0) is 42.2 Å². The standard InChI is InChI=1S/C30H33N5O7S/c1-20(2)16-34(43(39,40)22-11-12-23-26(15-22)41-19-32-23)17-25(36)24(14-21-8-4-3-5-9-21)33-29(37)27-18-35(30(38)42-27)28-10-6-7-13-31-28/h3-13,15,19-20,24-25,27,36H,14,16-18H2,1-2H3,(H,33,37)/t24-,25+,27-/m0/s1. The molecule has 0 unspecified atom stereocenters. The SMILES string of the molecule is CC(C)CN(C[C@@H](O)[C@H](Cc1ccccc1)NC(=O)[C@@H]1CN(c2ccccn2)C(=O)O1)S(=O)(=O)c1ccc2ncoc2c1. The Morgan fingerprint density at radius 2 is 1.86 bits per heavy atom. The highest BCUT2D eigenvalue weighted by molar-refractivity contribution is 7.89. The molecule has 3 atom stereocenters. The number of aliphatic hydroxyl groups excluding tert-OH is 1. The van der Waals surface area contributed by atoms with E-state index in [2.05, 4.69) is 15.3 Å². The van der Waals surface area contributed by atoms with Gasteiger partial charge in [0.25, 0.3) is 5.91 Å². The summed E-state index contributed by atoms with van der Waals surface area (Å²) in [5, 5.41) is 14.3. The molecular formula is C30H33N5O7S. The molecule has 2 aromatic carbocycles. The van der Waals surface area contributed by atoms with Crippen LogP contribution in [0.5, 0.6) is 0 Å². The van der Waals surface area contributed by atoms with Gasteiger partial charge in [-0.25, -0.2) is 23.2 Å². The Morgan fingerprint density at radius 1 is 1.09 bits per heavy atom. The fourth-order valence-corrected chi connectivity index (χ4v) is 6.52. The Morgan fingerprint density at radius 3 is 2.58 bits per heavy atom. The van der Waals surface area contributed by atoms with Crippen molar-refractivity contribution in [2.24, 2.45) is 5.92 Å². The molecule has 5 rings (SSSR count). The van der Waals surface area contributed by atoms with Gasteiger partial charge in [-0.2, -0.15) is 4.31 Å². The lowest BCUT2D eigenvalue weighted by molar-refractivity contribution is -0.129. The molecule has 43 heavy (non-hydrogen) atoms. The summed E-state index contributed by atoms with van der Waals surface area (Å²) in [4.78, 5) is 35.3. The summed E-state index contributed by atoms with van der Waals surface area (Å²) in [6.07, 6.45) is -0.192. The Hall–Kier alpha value is -4.33. The molecule has 12 nitrogen and oxygen atoms in total. The Balaban J connectivity index is 1.37. The van der Waals surface area contributed by atoms with Crippen molar-refractivity contribution in [1.82, 2.24) is 19.6 Å². The first-order chi connectivity index (χ1) is 20.6.